The van der Waals surface area contributed by atoms with Crippen molar-refractivity contribution in [1.29, 1.82) is 5.26 Å². The van der Waals surface area contributed by atoms with Crippen LogP contribution in [0.2, 0.25) is 0 Å². The van der Waals surface area contributed by atoms with Crippen LogP contribution >= 0.6 is 0 Å². The molecule has 94 valence electrons. The first kappa shape index (κ1) is 12.5. The maximum Gasteiger partial charge on any atom is 0.140 e. The Morgan fingerprint density at radius 1 is 1.28 bits per heavy atom. The highest BCUT2D eigenvalue weighted by molar-refractivity contribution is 5.78. The highest BCUT2D eigenvalue weighted by atomic mass is 15.5. The Kier molecular flexibility index (Phi) is 3.29. The third-order valence-electron chi connectivity index (χ3n) is 3.40. The van der Waals surface area contributed by atoms with Crippen molar-refractivity contribution in [3.63, 3.8) is 0 Å². The lowest BCUT2D eigenvalue weighted by Crippen LogP contribution is -2.24. The monoisotopic (exact) mass is 241 g/mol. The molecule has 0 fully saturated rings. The summed E-state index contributed by atoms with van der Waals surface area (Å²) in [5.74, 6) is 0. The second-order valence-corrected chi connectivity index (χ2v) is 5.10. The number of allylic oxidation sites excluding steroid dienone is 4. The van der Waals surface area contributed by atoms with Crippen LogP contribution in [0, 0.1) is 11.3 Å². The molecule has 0 amide bonds. The molecule has 0 spiro atoms. The molecule has 0 atom stereocenters. The van der Waals surface area contributed by atoms with Gasteiger partial charge < -0.3 is 5.01 Å². The summed E-state index contributed by atoms with van der Waals surface area (Å²) >= 11 is 0. The fourth-order valence-electron chi connectivity index (χ4n) is 2.30. The van der Waals surface area contributed by atoms with Gasteiger partial charge in [-0.15, -0.1) is 0 Å². The van der Waals surface area contributed by atoms with Crippen molar-refractivity contribution in [2.45, 2.75) is 26.7 Å². The lowest BCUT2D eigenvalue weighted by molar-refractivity contribution is 0.726. The van der Waals surface area contributed by atoms with E-state index in [-0.39, 0.29) is 0 Å². The predicted molar refractivity (Wildman–Crippen MR) is 74.8 cm³/mol. The predicted octanol–water partition coefficient (Wildman–Crippen LogP) is 3.07. The van der Waals surface area contributed by atoms with Crippen LogP contribution in [-0.2, 0) is 0 Å². The second-order valence-electron chi connectivity index (χ2n) is 5.10. The van der Waals surface area contributed by atoms with Gasteiger partial charge in [0.2, 0.25) is 0 Å². The summed E-state index contributed by atoms with van der Waals surface area (Å²) in [6.07, 6.45) is 6.54. The van der Waals surface area contributed by atoms with Gasteiger partial charge in [-0.1, -0.05) is 17.2 Å². The van der Waals surface area contributed by atoms with Gasteiger partial charge in [-0.2, -0.15) is 5.26 Å². The van der Waals surface area contributed by atoms with E-state index in [2.05, 4.69) is 26.0 Å². The molecular weight excluding hydrogens is 222 g/mol. The van der Waals surface area contributed by atoms with Crippen molar-refractivity contribution in [2.75, 3.05) is 19.1 Å². The molecule has 0 unspecified atom stereocenters. The van der Waals surface area contributed by atoms with Gasteiger partial charge in [0.1, 0.15) is 11.8 Å². The smallest absolute Gasteiger partial charge is 0.140 e. The zero-order valence-corrected chi connectivity index (χ0v) is 11.5. The van der Waals surface area contributed by atoms with Gasteiger partial charge in [0.25, 0.3) is 0 Å². The summed E-state index contributed by atoms with van der Waals surface area (Å²) in [6.45, 7) is 4.35. The molecule has 18 heavy (non-hydrogen) atoms. The molecule has 1 aliphatic carbocycles. The van der Waals surface area contributed by atoms with Crippen LogP contribution in [0.1, 0.15) is 37.9 Å². The van der Waals surface area contributed by atoms with Crippen molar-refractivity contribution in [3.8, 4) is 6.07 Å². The molecule has 0 saturated heterocycles. The zero-order chi connectivity index (χ0) is 13.3. The first-order chi connectivity index (χ1) is 8.52. The highest BCUT2D eigenvalue weighted by Gasteiger charge is 2.14. The van der Waals surface area contributed by atoms with Gasteiger partial charge in [0.05, 0.1) is 0 Å². The van der Waals surface area contributed by atoms with Gasteiger partial charge in [0.15, 0.2) is 0 Å². The van der Waals surface area contributed by atoms with Crippen LogP contribution in [0.5, 0.6) is 0 Å². The normalized spacial score (nSPS) is 15.4. The Morgan fingerprint density at radius 3 is 2.56 bits per heavy atom. The van der Waals surface area contributed by atoms with E-state index in [0.717, 1.165) is 18.4 Å². The highest BCUT2D eigenvalue weighted by Crippen LogP contribution is 2.31. The van der Waals surface area contributed by atoms with Crippen LogP contribution in [0.3, 0.4) is 0 Å². The zero-order valence-electron chi connectivity index (χ0n) is 11.5. The van der Waals surface area contributed by atoms with E-state index in [1.807, 2.05) is 36.0 Å². The molecule has 0 N–H and O–H groups in total. The number of rotatable bonds is 2. The summed E-state index contributed by atoms with van der Waals surface area (Å²) in [7, 11) is 3.88. The maximum absolute atomic E-state index is 9.17. The molecule has 2 rings (SSSR count). The first-order valence-corrected chi connectivity index (χ1v) is 6.20. The minimum absolute atomic E-state index is 0.673. The van der Waals surface area contributed by atoms with E-state index in [1.54, 1.807) is 0 Å². The molecule has 0 saturated carbocycles. The van der Waals surface area contributed by atoms with Crippen molar-refractivity contribution < 1.29 is 0 Å². The van der Waals surface area contributed by atoms with Crippen LogP contribution in [0.25, 0.3) is 5.57 Å². The summed E-state index contributed by atoms with van der Waals surface area (Å²) < 4.78 is 1.88. The van der Waals surface area contributed by atoms with Crippen LogP contribution < -0.4 is 5.01 Å². The van der Waals surface area contributed by atoms with E-state index in [9.17, 15) is 0 Å². The second kappa shape index (κ2) is 4.73. The Hall–Kier alpha value is -1.95. The number of hydrogen-bond acceptors (Lipinski definition) is 2. The van der Waals surface area contributed by atoms with Crippen LogP contribution in [-0.4, -0.2) is 18.8 Å². The first-order valence-electron chi connectivity index (χ1n) is 6.20. The molecule has 1 aromatic heterocycles. The summed E-state index contributed by atoms with van der Waals surface area (Å²) in [5.41, 5.74) is 5.90. The van der Waals surface area contributed by atoms with E-state index in [0.29, 0.717) is 5.69 Å². The van der Waals surface area contributed by atoms with Gasteiger partial charge in [-0.25, -0.2) is 0 Å². The van der Waals surface area contributed by atoms with Crippen molar-refractivity contribution >= 4 is 5.57 Å². The third kappa shape index (κ3) is 2.19. The molecular formula is C15H19N3. The standard InChI is InChI=1S/C15H19N3/c1-11-5-6-12(2)15(7-11)13-8-14(9-16)18(10-13)17(3)4/h7-8,10H,5-6H2,1-4H3. The van der Waals surface area contributed by atoms with E-state index >= 15 is 0 Å². The van der Waals surface area contributed by atoms with Crippen LogP contribution in [0.15, 0.2) is 29.5 Å². The van der Waals surface area contributed by atoms with E-state index < -0.39 is 0 Å². The van der Waals surface area contributed by atoms with Crippen molar-refractivity contribution in [3.05, 3.63) is 40.7 Å². The number of hydrogen-bond donors (Lipinski definition) is 0. The molecule has 0 aliphatic heterocycles. The largest absolute Gasteiger partial charge is 0.318 e. The maximum atomic E-state index is 9.17. The molecule has 0 bridgehead atoms. The lowest BCUT2D eigenvalue weighted by atomic mass is 9.91. The van der Waals surface area contributed by atoms with Gasteiger partial charge in [-0.05, 0) is 38.3 Å². The Bertz CT molecular complexity index is 565. The topological polar surface area (TPSA) is 32.0 Å². The summed E-state index contributed by atoms with van der Waals surface area (Å²) in [5, 5.41) is 11.1. The number of aromatic nitrogens is 1. The summed E-state index contributed by atoms with van der Waals surface area (Å²) in [4.78, 5) is 0. The molecule has 3 nitrogen and oxygen atoms in total. The number of nitrogens with zero attached hydrogens (tertiary/aromatic N) is 3. The average molecular weight is 241 g/mol. The van der Waals surface area contributed by atoms with Gasteiger partial charge >= 0.3 is 0 Å². The average Bonchev–Trinajstić information content (AvgIpc) is 2.76. The number of nitriles is 1. The Labute approximate surface area is 109 Å². The third-order valence-corrected chi connectivity index (χ3v) is 3.40. The fourth-order valence-corrected chi connectivity index (χ4v) is 2.30. The van der Waals surface area contributed by atoms with Crippen molar-refractivity contribution in [2.24, 2.45) is 0 Å². The quantitative estimate of drug-likeness (QED) is 0.797. The van der Waals surface area contributed by atoms with E-state index in [1.165, 1.54) is 16.7 Å². The Balaban J connectivity index is 2.50. The molecule has 1 heterocycles. The Morgan fingerprint density at radius 2 is 2.00 bits per heavy atom. The summed E-state index contributed by atoms with van der Waals surface area (Å²) in [6, 6.07) is 4.21. The molecule has 3 heteroatoms. The molecule has 0 radical (unpaired) electrons. The van der Waals surface area contributed by atoms with Gasteiger partial charge in [0, 0.05) is 25.9 Å². The fraction of sp³-hybridized carbons (Fsp3) is 0.400. The van der Waals surface area contributed by atoms with Gasteiger partial charge in [-0.3, -0.25) is 4.68 Å². The molecule has 0 aromatic carbocycles. The minimum Gasteiger partial charge on any atom is -0.318 e. The van der Waals surface area contributed by atoms with E-state index in [4.69, 9.17) is 5.26 Å². The van der Waals surface area contributed by atoms with Crippen molar-refractivity contribution in [1.82, 2.24) is 4.68 Å². The molecule has 1 aromatic rings. The van der Waals surface area contributed by atoms with Crippen LogP contribution in [0.4, 0.5) is 0 Å². The lowest BCUT2D eigenvalue weighted by Gasteiger charge is -2.16. The minimum atomic E-state index is 0.673. The molecule has 1 aliphatic rings. The SMILES string of the molecule is CC1=CC(c2cc(C#N)n(N(C)C)c2)=C(C)CC1.